The molecule has 4 nitrogen and oxygen atoms in total. The highest BCUT2D eigenvalue weighted by Gasteiger charge is 2.19. The van der Waals surface area contributed by atoms with Gasteiger partial charge in [0.25, 0.3) is 0 Å². The van der Waals surface area contributed by atoms with E-state index in [0.717, 1.165) is 18.0 Å². The van der Waals surface area contributed by atoms with Gasteiger partial charge in [0.15, 0.2) is 0 Å². The molecule has 0 heterocycles. The van der Waals surface area contributed by atoms with E-state index in [-0.39, 0.29) is 0 Å². The molecule has 1 aliphatic rings. The molecular formula is C17H26N2O2. The van der Waals surface area contributed by atoms with Gasteiger partial charge in [-0.3, -0.25) is 0 Å². The van der Waals surface area contributed by atoms with Crippen LogP contribution in [0.3, 0.4) is 0 Å². The van der Waals surface area contributed by atoms with Gasteiger partial charge >= 0.3 is 6.09 Å². The summed E-state index contributed by atoms with van der Waals surface area (Å²) < 4.78 is 5.02. The molecular weight excluding hydrogens is 264 g/mol. The largest absolute Gasteiger partial charge is 0.410 e. The van der Waals surface area contributed by atoms with Crippen molar-refractivity contribution in [1.29, 1.82) is 0 Å². The second kappa shape index (κ2) is 8.03. The number of para-hydroxylation sites is 1. The molecule has 1 aliphatic carbocycles. The van der Waals surface area contributed by atoms with Crippen LogP contribution in [0.2, 0.25) is 0 Å². The first-order chi connectivity index (χ1) is 10.2. The topological polar surface area (TPSA) is 64.3 Å². The molecule has 3 N–H and O–H groups in total. The highest BCUT2D eigenvalue weighted by Crippen LogP contribution is 2.29. The van der Waals surface area contributed by atoms with Crippen molar-refractivity contribution in [3.63, 3.8) is 0 Å². The summed E-state index contributed by atoms with van der Waals surface area (Å²) in [6, 6.07) is 7.50. The Hall–Kier alpha value is -1.55. The number of carbonyl (C=O) groups is 1. The monoisotopic (exact) mass is 290 g/mol. The summed E-state index contributed by atoms with van der Waals surface area (Å²) in [6.07, 6.45) is 6.12. The van der Waals surface area contributed by atoms with Gasteiger partial charge in [-0.25, -0.2) is 4.79 Å². The lowest BCUT2D eigenvalue weighted by Gasteiger charge is -2.27. The van der Waals surface area contributed by atoms with E-state index in [2.05, 4.69) is 12.2 Å². The molecule has 1 saturated carbocycles. The molecule has 21 heavy (non-hydrogen) atoms. The maximum atomic E-state index is 10.9. The van der Waals surface area contributed by atoms with Gasteiger partial charge in [0.1, 0.15) is 5.75 Å². The minimum Gasteiger partial charge on any atom is -0.410 e. The van der Waals surface area contributed by atoms with E-state index in [1.165, 1.54) is 32.1 Å². The molecule has 0 aromatic heterocycles. The summed E-state index contributed by atoms with van der Waals surface area (Å²) in [5.41, 5.74) is 6.05. The normalized spacial score (nSPS) is 17.4. The summed E-state index contributed by atoms with van der Waals surface area (Å²) in [5, 5.41) is 3.48. The van der Waals surface area contributed by atoms with E-state index in [1.54, 1.807) is 6.07 Å². The van der Waals surface area contributed by atoms with Gasteiger partial charge < -0.3 is 15.8 Å². The minimum atomic E-state index is -0.766. The maximum absolute atomic E-state index is 10.9. The molecule has 0 radical (unpaired) electrons. The number of rotatable bonds is 6. The van der Waals surface area contributed by atoms with Gasteiger partial charge in [-0.1, -0.05) is 57.2 Å². The second-order valence-corrected chi connectivity index (χ2v) is 6.04. The predicted octanol–water partition coefficient (Wildman–Crippen LogP) is 3.45. The number of primary amides is 1. The minimum absolute atomic E-state index is 0.544. The van der Waals surface area contributed by atoms with Gasteiger partial charge in [-0.2, -0.15) is 0 Å². The van der Waals surface area contributed by atoms with Gasteiger partial charge in [0.05, 0.1) is 0 Å². The molecule has 0 aliphatic heterocycles. The number of amides is 1. The van der Waals surface area contributed by atoms with E-state index in [1.807, 2.05) is 18.2 Å². The summed E-state index contributed by atoms with van der Waals surface area (Å²) in [7, 11) is 0. The number of benzene rings is 1. The van der Waals surface area contributed by atoms with Crippen LogP contribution in [0.25, 0.3) is 0 Å². The van der Waals surface area contributed by atoms with Crippen molar-refractivity contribution in [3.05, 3.63) is 29.8 Å². The predicted molar refractivity (Wildman–Crippen MR) is 84.1 cm³/mol. The maximum Gasteiger partial charge on any atom is 0.409 e. The first-order valence-electron chi connectivity index (χ1n) is 7.92. The quantitative estimate of drug-likeness (QED) is 0.843. The average Bonchev–Trinajstić information content (AvgIpc) is 2.49. The number of hydrogen-bond acceptors (Lipinski definition) is 3. The third-order valence-corrected chi connectivity index (χ3v) is 4.42. The van der Waals surface area contributed by atoms with Crippen LogP contribution in [0, 0.1) is 11.8 Å². The molecule has 4 heteroatoms. The molecule has 0 saturated heterocycles. The number of nitrogens with one attached hydrogen (secondary N) is 1. The van der Waals surface area contributed by atoms with E-state index in [0.29, 0.717) is 18.2 Å². The van der Waals surface area contributed by atoms with Crippen molar-refractivity contribution in [2.45, 2.75) is 45.6 Å². The molecule has 1 aromatic rings. The lowest BCUT2D eigenvalue weighted by atomic mass is 9.81. The SMILES string of the molecule is CC(CNCc1ccccc1OC(N)=O)C1CCCCC1. The number of ether oxygens (including phenoxy) is 1. The molecule has 1 aromatic carbocycles. The van der Waals surface area contributed by atoms with Crippen molar-refractivity contribution in [3.8, 4) is 5.75 Å². The molecule has 0 bridgehead atoms. The molecule has 0 spiro atoms. The van der Waals surface area contributed by atoms with Crippen LogP contribution in [-0.2, 0) is 6.54 Å². The van der Waals surface area contributed by atoms with Crippen LogP contribution < -0.4 is 15.8 Å². The Bertz CT molecular complexity index is 456. The van der Waals surface area contributed by atoms with E-state index < -0.39 is 6.09 Å². The van der Waals surface area contributed by atoms with Crippen molar-refractivity contribution < 1.29 is 9.53 Å². The van der Waals surface area contributed by atoms with Crippen molar-refractivity contribution in [2.75, 3.05) is 6.54 Å². The first kappa shape index (κ1) is 15.8. The lowest BCUT2D eigenvalue weighted by Crippen LogP contribution is -2.27. The highest BCUT2D eigenvalue weighted by molar-refractivity contribution is 5.68. The molecule has 1 amide bonds. The van der Waals surface area contributed by atoms with Gasteiger partial charge in [0, 0.05) is 12.1 Å². The zero-order chi connectivity index (χ0) is 15.1. The third-order valence-electron chi connectivity index (χ3n) is 4.42. The van der Waals surface area contributed by atoms with E-state index in [4.69, 9.17) is 10.5 Å². The van der Waals surface area contributed by atoms with Crippen molar-refractivity contribution >= 4 is 6.09 Å². The first-order valence-corrected chi connectivity index (χ1v) is 7.92. The van der Waals surface area contributed by atoms with Crippen LogP contribution in [0.15, 0.2) is 24.3 Å². The molecule has 1 fully saturated rings. The fourth-order valence-electron chi connectivity index (χ4n) is 3.16. The van der Waals surface area contributed by atoms with Crippen LogP contribution in [0.4, 0.5) is 4.79 Å². The second-order valence-electron chi connectivity index (χ2n) is 6.04. The van der Waals surface area contributed by atoms with E-state index in [9.17, 15) is 4.79 Å². The fraction of sp³-hybridized carbons (Fsp3) is 0.588. The van der Waals surface area contributed by atoms with Gasteiger partial charge in [-0.05, 0) is 24.4 Å². The van der Waals surface area contributed by atoms with Crippen LogP contribution >= 0.6 is 0 Å². The fourth-order valence-corrected chi connectivity index (χ4v) is 3.16. The molecule has 1 unspecified atom stereocenters. The number of nitrogens with two attached hydrogens (primary N) is 1. The van der Waals surface area contributed by atoms with Gasteiger partial charge in [-0.15, -0.1) is 0 Å². The van der Waals surface area contributed by atoms with E-state index >= 15 is 0 Å². The van der Waals surface area contributed by atoms with Crippen molar-refractivity contribution in [2.24, 2.45) is 17.6 Å². The zero-order valence-corrected chi connectivity index (χ0v) is 12.8. The Kier molecular flexibility index (Phi) is 6.05. The summed E-state index contributed by atoms with van der Waals surface area (Å²) in [4.78, 5) is 10.9. The van der Waals surface area contributed by atoms with Gasteiger partial charge in [0.2, 0.25) is 0 Å². The van der Waals surface area contributed by atoms with Crippen LogP contribution in [0.5, 0.6) is 5.75 Å². The number of hydrogen-bond donors (Lipinski definition) is 2. The smallest absolute Gasteiger partial charge is 0.409 e. The summed E-state index contributed by atoms with van der Waals surface area (Å²) in [6.45, 7) is 4.02. The molecule has 1 atom stereocenters. The Balaban J connectivity index is 1.81. The Morgan fingerprint density at radius 2 is 2.05 bits per heavy atom. The molecule has 2 rings (SSSR count). The zero-order valence-electron chi connectivity index (χ0n) is 12.8. The van der Waals surface area contributed by atoms with Crippen LogP contribution in [0.1, 0.15) is 44.6 Å². The standard InChI is InChI=1S/C17H26N2O2/c1-13(14-7-3-2-4-8-14)11-19-12-15-9-5-6-10-16(15)21-17(18)20/h5-6,9-10,13-14,19H,2-4,7-8,11-12H2,1H3,(H2,18,20). The summed E-state index contributed by atoms with van der Waals surface area (Å²) in [5.74, 6) is 2.08. The lowest BCUT2D eigenvalue weighted by molar-refractivity contribution is 0.210. The number of carbonyl (C=O) groups excluding carboxylic acids is 1. The summed E-state index contributed by atoms with van der Waals surface area (Å²) >= 11 is 0. The molecule has 116 valence electrons. The highest BCUT2D eigenvalue weighted by atomic mass is 16.5. The third kappa shape index (κ3) is 5.05. The average molecular weight is 290 g/mol. The Morgan fingerprint density at radius 3 is 2.76 bits per heavy atom. The van der Waals surface area contributed by atoms with Crippen molar-refractivity contribution in [1.82, 2.24) is 5.32 Å². The Labute approximate surface area is 127 Å². The van der Waals surface area contributed by atoms with Crippen LogP contribution in [-0.4, -0.2) is 12.6 Å². The Morgan fingerprint density at radius 1 is 1.33 bits per heavy atom.